The summed E-state index contributed by atoms with van der Waals surface area (Å²) in [4.78, 5) is 19.5. The summed E-state index contributed by atoms with van der Waals surface area (Å²) in [6.45, 7) is 2.16. The van der Waals surface area contributed by atoms with Crippen molar-refractivity contribution in [2.24, 2.45) is 7.05 Å². The summed E-state index contributed by atoms with van der Waals surface area (Å²) < 4.78 is 6.72. The summed E-state index contributed by atoms with van der Waals surface area (Å²) in [5, 5.41) is 2.88. The smallest absolute Gasteiger partial charge is 0.293 e. The number of aromatic nitrogens is 3. The Balaban J connectivity index is 2.11. The van der Waals surface area contributed by atoms with Crippen molar-refractivity contribution >= 4 is 5.82 Å². The van der Waals surface area contributed by atoms with Crippen molar-refractivity contribution in [3.05, 3.63) is 40.6 Å². The zero-order chi connectivity index (χ0) is 11.5. The number of hydrogen-bond acceptors (Lipinski definition) is 5. The van der Waals surface area contributed by atoms with E-state index in [0.29, 0.717) is 18.3 Å². The molecule has 1 N–H and O–H groups in total. The van der Waals surface area contributed by atoms with Gasteiger partial charge in [-0.05, 0) is 6.92 Å². The fourth-order valence-electron chi connectivity index (χ4n) is 1.26. The number of oxazole rings is 1. The number of anilines is 1. The maximum atomic E-state index is 11.6. The normalized spacial score (nSPS) is 10.4. The summed E-state index contributed by atoms with van der Waals surface area (Å²) in [6.07, 6.45) is 4.79. The molecular weight excluding hydrogens is 208 g/mol. The highest BCUT2D eigenvalue weighted by Crippen LogP contribution is 2.03. The molecule has 84 valence electrons. The van der Waals surface area contributed by atoms with Gasteiger partial charge in [-0.25, -0.2) is 9.97 Å². The molecule has 0 aliphatic rings. The zero-order valence-corrected chi connectivity index (χ0v) is 9.10. The van der Waals surface area contributed by atoms with E-state index in [2.05, 4.69) is 15.3 Å². The summed E-state index contributed by atoms with van der Waals surface area (Å²) in [7, 11) is 1.67. The molecule has 2 aromatic heterocycles. The molecule has 0 aliphatic carbocycles. The summed E-state index contributed by atoms with van der Waals surface area (Å²) in [6, 6.07) is 0. The van der Waals surface area contributed by atoms with Crippen molar-refractivity contribution < 1.29 is 4.42 Å². The molecule has 6 heteroatoms. The van der Waals surface area contributed by atoms with Crippen molar-refractivity contribution in [2.75, 3.05) is 5.32 Å². The molecule has 0 saturated carbocycles. The Morgan fingerprint density at radius 2 is 2.31 bits per heavy atom. The number of hydrogen-bond donors (Lipinski definition) is 1. The second-order valence-electron chi connectivity index (χ2n) is 3.41. The fraction of sp³-hybridized carbons (Fsp3) is 0.300. The molecular formula is C10H12N4O2. The van der Waals surface area contributed by atoms with E-state index in [1.165, 1.54) is 4.57 Å². The summed E-state index contributed by atoms with van der Waals surface area (Å²) in [5.41, 5.74) is -0.175. The lowest BCUT2D eigenvalue weighted by Crippen LogP contribution is -2.21. The van der Waals surface area contributed by atoms with E-state index in [-0.39, 0.29) is 5.56 Å². The van der Waals surface area contributed by atoms with E-state index in [1.54, 1.807) is 25.6 Å². The molecule has 0 aliphatic heterocycles. The van der Waals surface area contributed by atoms with Crippen LogP contribution in [0.1, 0.15) is 11.7 Å². The van der Waals surface area contributed by atoms with Crippen molar-refractivity contribution in [3.8, 4) is 0 Å². The van der Waals surface area contributed by atoms with Gasteiger partial charge in [-0.15, -0.1) is 0 Å². The third-order valence-corrected chi connectivity index (χ3v) is 2.09. The fourth-order valence-corrected chi connectivity index (χ4v) is 1.26. The maximum Gasteiger partial charge on any atom is 0.293 e. The number of rotatable bonds is 3. The monoisotopic (exact) mass is 220 g/mol. The van der Waals surface area contributed by atoms with Gasteiger partial charge in [0.1, 0.15) is 5.76 Å². The molecule has 0 aromatic carbocycles. The van der Waals surface area contributed by atoms with Gasteiger partial charge in [-0.2, -0.15) is 0 Å². The first-order valence-corrected chi connectivity index (χ1v) is 4.83. The van der Waals surface area contributed by atoms with E-state index in [4.69, 9.17) is 4.42 Å². The average Bonchev–Trinajstić information content (AvgIpc) is 2.67. The van der Waals surface area contributed by atoms with E-state index in [9.17, 15) is 4.79 Å². The number of aryl methyl sites for hydroxylation is 2. The summed E-state index contributed by atoms with van der Waals surface area (Å²) in [5.74, 6) is 1.57. The van der Waals surface area contributed by atoms with Crippen LogP contribution in [0.2, 0.25) is 0 Å². The Morgan fingerprint density at radius 1 is 1.50 bits per heavy atom. The van der Waals surface area contributed by atoms with E-state index in [1.807, 2.05) is 6.92 Å². The molecule has 2 heterocycles. The Labute approximate surface area is 92.0 Å². The molecule has 16 heavy (non-hydrogen) atoms. The molecule has 0 amide bonds. The van der Waals surface area contributed by atoms with Gasteiger partial charge in [0.25, 0.3) is 5.56 Å². The van der Waals surface area contributed by atoms with Crippen molar-refractivity contribution in [1.29, 1.82) is 0 Å². The molecule has 6 nitrogen and oxygen atoms in total. The minimum atomic E-state index is -0.175. The molecule has 0 fully saturated rings. The molecule has 0 atom stereocenters. The van der Waals surface area contributed by atoms with Crippen LogP contribution in [0.4, 0.5) is 5.82 Å². The SMILES string of the molecule is Cc1cnc(CNc2nccn(C)c2=O)o1. The Kier molecular flexibility index (Phi) is 2.72. The first-order valence-electron chi connectivity index (χ1n) is 4.83. The van der Waals surface area contributed by atoms with Crippen LogP contribution in [-0.2, 0) is 13.6 Å². The minimum absolute atomic E-state index is 0.175. The van der Waals surface area contributed by atoms with Crippen LogP contribution in [-0.4, -0.2) is 14.5 Å². The molecule has 0 radical (unpaired) electrons. The molecule has 2 rings (SSSR count). The third-order valence-electron chi connectivity index (χ3n) is 2.09. The molecule has 0 saturated heterocycles. The van der Waals surface area contributed by atoms with Gasteiger partial charge in [-0.3, -0.25) is 4.79 Å². The highest BCUT2D eigenvalue weighted by Gasteiger charge is 2.04. The van der Waals surface area contributed by atoms with Crippen LogP contribution in [0.5, 0.6) is 0 Å². The lowest BCUT2D eigenvalue weighted by Gasteiger charge is -2.03. The van der Waals surface area contributed by atoms with Crippen molar-refractivity contribution in [1.82, 2.24) is 14.5 Å². The molecule has 2 aromatic rings. The van der Waals surface area contributed by atoms with Gasteiger partial charge >= 0.3 is 0 Å². The van der Waals surface area contributed by atoms with Crippen LogP contribution in [0.15, 0.2) is 27.8 Å². The van der Waals surface area contributed by atoms with Crippen LogP contribution in [0, 0.1) is 6.92 Å². The number of nitrogens with one attached hydrogen (secondary N) is 1. The first-order chi connectivity index (χ1) is 7.66. The highest BCUT2D eigenvalue weighted by molar-refractivity contribution is 5.30. The van der Waals surface area contributed by atoms with E-state index < -0.39 is 0 Å². The summed E-state index contributed by atoms with van der Waals surface area (Å²) >= 11 is 0. The standard InChI is InChI=1S/C10H12N4O2/c1-7-5-12-8(16-7)6-13-9-10(15)14(2)4-3-11-9/h3-5H,6H2,1-2H3,(H,11,13). The lowest BCUT2D eigenvalue weighted by atomic mass is 10.5. The van der Waals surface area contributed by atoms with E-state index in [0.717, 1.165) is 5.76 Å². The zero-order valence-electron chi connectivity index (χ0n) is 9.10. The maximum absolute atomic E-state index is 11.6. The topological polar surface area (TPSA) is 73.0 Å². The highest BCUT2D eigenvalue weighted by atomic mass is 16.4. The van der Waals surface area contributed by atoms with Crippen LogP contribution >= 0.6 is 0 Å². The molecule has 0 unspecified atom stereocenters. The van der Waals surface area contributed by atoms with Gasteiger partial charge < -0.3 is 14.3 Å². The van der Waals surface area contributed by atoms with Crippen LogP contribution in [0.25, 0.3) is 0 Å². The Bertz CT molecular complexity index is 544. The Hall–Kier alpha value is -2.11. The number of nitrogens with zero attached hydrogens (tertiary/aromatic N) is 3. The molecule has 0 bridgehead atoms. The minimum Gasteiger partial charge on any atom is -0.444 e. The van der Waals surface area contributed by atoms with E-state index >= 15 is 0 Å². The Morgan fingerprint density at radius 3 is 3.00 bits per heavy atom. The van der Waals surface area contributed by atoms with Gasteiger partial charge in [-0.1, -0.05) is 0 Å². The lowest BCUT2D eigenvalue weighted by molar-refractivity contribution is 0.478. The largest absolute Gasteiger partial charge is 0.444 e. The average molecular weight is 220 g/mol. The van der Waals surface area contributed by atoms with Gasteiger partial charge in [0, 0.05) is 19.4 Å². The predicted molar refractivity (Wildman–Crippen MR) is 58.0 cm³/mol. The first kappa shape index (κ1) is 10.4. The molecule has 0 spiro atoms. The van der Waals surface area contributed by atoms with Gasteiger partial charge in [0.05, 0.1) is 12.7 Å². The van der Waals surface area contributed by atoms with Crippen LogP contribution < -0.4 is 10.9 Å². The van der Waals surface area contributed by atoms with Crippen molar-refractivity contribution in [2.45, 2.75) is 13.5 Å². The van der Waals surface area contributed by atoms with Crippen molar-refractivity contribution in [3.63, 3.8) is 0 Å². The van der Waals surface area contributed by atoms with Crippen LogP contribution in [0.3, 0.4) is 0 Å². The third kappa shape index (κ3) is 2.10. The van der Waals surface area contributed by atoms with Gasteiger partial charge in [0.15, 0.2) is 5.82 Å². The second-order valence-corrected chi connectivity index (χ2v) is 3.41. The quantitative estimate of drug-likeness (QED) is 0.823. The van der Waals surface area contributed by atoms with Gasteiger partial charge in [0.2, 0.25) is 5.89 Å². The predicted octanol–water partition coefficient (Wildman–Crippen LogP) is 0.689. The second kappa shape index (κ2) is 4.18.